The maximum absolute atomic E-state index is 14.3. The Kier molecular flexibility index (Phi) is 6.22. The van der Waals surface area contributed by atoms with Crippen molar-refractivity contribution in [3.63, 3.8) is 0 Å². The van der Waals surface area contributed by atoms with Crippen LogP contribution in [0.25, 0.3) is 0 Å². The van der Waals surface area contributed by atoms with E-state index >= 15 is 0 Å². The van der Waals surface area contributed by atoms with Crippen LogP contribution in [0, 0.1) is 17.5 Å². The lowest BCUT2D eigenvalue weighted by Gasteiger charge is -2.22. The largest absolute Gasteiger partial charge is 0.377 e. The first-order valence-electron chi connectivity index (χ1n) is 8.66. The molecule has 3 rings (SSSR count). The van der Waals surface area contributed by atoms with Crippen LogP contribution in [0.15, 0.2) is 41.3 Å². The number of halogens is 3. The van der Waals surface area contributed by atoms with Crippen LogP contribution in [0.2, 0.25) is 0 Å². The van der Waals surface area contributed by atoms with Crippen molar-refractivity contribution < 1.29 is 31.5 Å². The van der Waals surface area contributed by atoms with Crippen LogP contribution in [0.1, 0.15) is 16.8 Å². The Morgan fingerprint density at radius 3 is 2.55 bits per heavy atom. The second-order valence-corrected chi connectivity index (χ2v) is 8.32. The third kappa shape index (κ3) is 4.75. The van der Waals surface area contributed by atoms with Gasteiger partial charge in [0.1, 0.15) is 16.9 Å². The molecule has 1 atom stereocenters. The van der Waals surface area contributed by atoms with Crippen molar-refractivity contribution in [3.05, 3.63) is 59.4 Å². The highest BCUT2D eigenvalue weighted by Crippen LogP contribution is 2.23. The van der Waals surface area contributed by atoms with Gasteiger partial charge in [0.05, 0.1) is 6.54 Å². The first kappa shape index (κ1) is 21.2. The molecule has 3 N–H and O–H groups in total. The number of nitrogens with zero attached hydrogens (tertiary/aromatic N) is 1. The molecule has 2 aromatic carbocycles. The molecule has 2 aromatic rings. The summed E-state index contributed by atoms with van der Waals surface area (Å²) in [7, 11) is -4.32. The van der Waals surface area contributed by atoms with E-state index in [1.165, 1.54) is 0 Å². The number of nitrogens with one attached hydrogen (secondary N) is 2. The molecule has 156 valence electrons. The first-order chi connectivity index (χ1) is 13.7. The first-order valence-corrected chi connectivity index (χ1v) is 10.1. The molecule has 7 nitrogen and oxygen atoms in total. The number of carbonyl (C=O) groups is 1. The minimum atomic E-state index is -4.32. The maximum atomic E-state index is 14.3. The molecule has 0 aliphatic carbocycles. The van der Waals surface area contributed by atoms with E-state index in [2.05, 4.69) is 10.6 Å². The normalized spacial score (nSPS) is 18.3. The highest BCUT2D eigenvalue weighted by Gasteiger charge is 2.31. The molecule has 1 aliphatic rings. The van der Waals surface area contributed by atoms with E-state index in [4.69, 9.17) is 0 Å². The predicted molar refractivity (Wildman–Crippen MR) is 98.1 cm³/mol. The number of carbonyl (C=O) groups excluding carboxylic acids is 1. The lowest BCUT2D eigenvalue weighted by atomic mass is 10.2. The van der Waals surface area contributed by atoms with Crippen LogP contribution >= 0.6 is 0 Å². The molecule has 0 radical (unpaired) electrons. The quantitative estimate of drug-likeness (QED) is 0.687. The Morgan fingerprint density at radius 1 is 1.10 bits per heavy atom. The molecular weight excluding hydrogens is 411 g/mol. The number of benzene rings is 2. The monoisotopic (exact) mass is 429 g/mol. The average Bonchev–Trinajstić information content (AvgIpc) is 2.90. The van der Waals surface area contributed by atoms with Crippen molar-refractivity contribution in [3.8, 4) is 0 Å². The van der Waals surface area contributed by atoms with Crippen molar-refractivity contribution in [2.24, 2.45) is 0 Å². The fourth-order valence-electron chi connectivity index (χ4n) is 2.85. The number of aliphatic hydroxyl groups is 1. The van der Waals surface area contributed by atoms with Gasteiger partial charge in [0.2, 0.25) is 10.0 Å². The number of amides is 1. The molecule has 29 heavy (non-hydrogen) atoms. The Balaban J connectivity index is 1.88. The van der Waals surface area contributed by atoms with Gasteiger partial charge in [-0.2, -0.15) is 4.31 Å². The summed E-state index contributed by atoms with van der Waals surface area (Å²) >= 11 is 0. The zero-order chi connectivity index (χ0) is 21.2. The van der Waals surface area contributed by atoms with Crippen molar-refractivity contribution in [2.75, 3.05) is 25.0 Å². The zero-order valence-corrected chi connectivity index (χ0v) is 15.8. The minimum absolute atomic E-state index is 0.0515. The topological polar surface area (TPSA) is 98.7 Å². The number of rotatable bonds is 4. The van der Waals surface area contributed by atoms with E-state index in [-0.39, 0.29) is 24.3 Å². The van der Waals surface area contributed by atoms with Crippen LogP contribution in [-0.2, 0) is 10.0 Å². The van der Waals surface area contributed by atoms with Gasteiger partial charge >= 0.3 is 0 Å². The lowest BCUT2D eigenvalue weighted by Crippen LogP contribution is -2.40. The standard InChI is InChI=1S/C18H18F3N3O4S/c19-13-5-3-12(9-15(13)21)23-18(26)11-2-4-14(20)16(8-11)29(27,28)24-7-1-6-22-17(25)10-24/h2-5,8-9,17,22,25H,1,6-7,10H2,(H,23,26). The van der Waals surface area contributed by atoms with Crippen molar-refractivity contribution >= 4 is 21.6 Å². The third-order valence-electron chi connectivity index (χ3n) is 4.33. The average molecular weight is 429 g/mol. The summed E-state index contributed by atoms with van der Waals surface area (Å²) in [6.45, 7) is 0.191. The van der Waals surface area contributed by atoms with Crippen molar-refractivity contribution in [2.45, 2.75) is 17.5 Å². The Hall–Kier alpha value is -2.47. The molecule has 1 heterocycles. The zero-order valence-electron chi connectivity index (χ0n) is 15.0. The lowest BCUT2D eigenvalue weighted by molar-refractivity contribution is 0.102. The predicted octanol–water partition coefficient (Wildman–Crippen LogP) is 1.66. The van der Waals surface area contributed by atoms with E-state index in [0.29, 0.717) is 13.0 Å². The highest BCUT2D eigenvalue weighted by molar-refractivity contribution is 7.89. The van der Waals surface area contributed by atoms with E-state index in [9.17, 15) is 31.5 Å². The molecule has 1 fully saturated rings. The molecule has 11 heteroatoms. The summed E-state index contributed by atoms with van der Waals surface area (Å²) in [6, 6.07) is 5.49. The van der Waals surface area contributed by atoms with Gasteiger partial charge in [-0.15, -0.1) is 0 Å². The Morgan fingerprint density at radius 2 is 1.83 bits per heavy atom. The van der Waals surface area contributed by atoms with Crippen LogP contribution in [0.4, 0.5) is 18.9 Å². The molecule has 0 aromatic heterocycles. The SMILES string of the molecule is O=C(Nc1ccc(F)c(F)c1)c1ccc(F)c(S(=O)(=O)N2CCCNC(O)C2)c1. The second kappa shape index (κ2) is 8.49. The van der Waals surface area contributed by atoms with Gasteiger partial charge in [-0.25, -0.2) is 21.6 Å². The van der Waals surface area contributed by atoms with Gasteiger partial charge in [0.15, 0.2) is 11.6 Å². The van der Waals surface area contributed by atoms with Gasteiger partial charge < -0.3 is 10.4 Å². The van der Waals surface area contributed by atoms with Crippen LogP contribution in [0.5, 0.6) is 0 Å². The Bertz CT molecular complexity index is 1030. The number of anilines is 1. The molecule has 0 bridgehead atoms. The number of hydrogen-bond acceptors (Lipinski definition) is 5. The third-order valence-corrected chi connectivity index (χ3v) is 6.21. The number of aliphatic hydroxyl groups excluding tert-OH is 1. The number of β-amino-alcohol motifs (C(OH)–C–C–N with tert-alkyl or cyclic N) is 1. The summed E-state index contributed by atoms with van der Waals surface area (Å²) < 4.78 is 67.2. The Labute approximate surface area is 165 Å². The number of sulfonamides is 1. The fourth-order valence-corrected chi connectivity index (χ4v) is 4.43. The van der Waals surface area contributed by atoms with Gasteiger partial charge in [-0.3, -0.25) is 10.1 Å². The molecular formula is C18H18F3N3O4S. The molecule has 1 amide bonds. The van der Waals surface area contributed by atoms with Crippen molar-refractivity contribution in [1.82, 2.24) is 9.62 Å². The molecule has 0 saturated carbocycles. The van der Waals surface area contributed by atoms with Crippen LogP contribution < -0.4 is 10.6 Å². The molecule has 0 spiro atoms. The molecule has 1 saturated heterocycles. The van der Waals surface area contributed by atoms with Crippen LogP contribution in [-0.4, -0.2) is 49.6 Å². The molecule has 1 unspecified atom stereocenters. The number of hydrogen-bond donors (Lipinski definition) is 3. The van der Waals surface area contributed by atoms with Crippen molar-refractivity contribution in [1.29, 1.82) is 0 Å². The minimum Gasteiger partial charge on any atom is -0.377 e. The highest BCUT2D eigenvalue weighted by atomic mass is 32.2. The smallest absolute Gasteiger partial charge is 0.255 e. The summed E-state index contributed by atoms with van der Waals surface area (Å²) in [5.41, 5.74) is -0.243. The second-order valence-electron chi connectivity index (χ2n) is 6.41. The summed E-state index contributed by atoms with van der Waals surface area (Å²) in [5.74, 6) is -4.14. The maximum Gasteiger partial charge on any atom is 0.255 e. The fraction of sp³-hybridized carbons (Fsp3) is 0.278. The van der Waals surface area contributed by atoms with Crippen LogP contribution in [0.3, 0.4) is 0 Å². The van der Waals surface area contributed by atoms with E-state index in [1.54, 1.807) is 0 Å². The summed E-state index contributed by atoms with van der Waals surface area (Å²) in [6.07, 6.45) is -0.691. The van der Waals surface area contributed by atoms with E-state index < -0.39 is 44.5 Å². The van der Waals surface area contributed by atoms with E-state index in [1.807, 2.05) is 0 Å². The molecule has 1 aliphatic heterocycles. The van der Waals surface area contributed by atoms with Gasteiger partial charge in [0.25, 0.3) is 5.91 Å². The van der Waals surface area contributed by atoms with Gasteiger partial charge in [-0.1, -0.05) is 0 Å². The summed E-state index contributed by atoms with van der Waals surface area (Å²) in [5, 5.41) is 14.8. The van der Waals surface area contributed by atoms with E-state index in [0.717, 1.165) is 40.7 Å². The van der Waals surface area contributed by atoms with Gasteiger partial charge in [0, 0.05) is 23.9 Å². The summed E-state index contributed by atoms with van der Waals surface area (Å²) in [4.78, 5) is 11.7. The van der Waals surface area contributed by atoms with Gasteiger partial charge in [-0.05, 0) is 43.3 Å².